The third-order valence-corrected chi connectivity index (χ3v) is 5.75. The van der Waals surface area contributed by atoms with E-state index in [0.717, 1.165) is 19.4 Å². The lowest BCUT2D eigenvalue weighted by Gasteiger charge is -2.49. The van der Waals surface area contributed by atoms with Crippen LogP contribution in [-0.2, 0) is 15.3 Å². The molecule has 0 spiro atoms. The first-order valence-electron chi connectivity index (χ1n) is 7.94. The highest BCUT2D eigenvalue weighted by atomic mass is 32.2. The molecule has 0 aromatic heterocycles. The fourth-order valence-electron chi connectivity index (χ4n) is 3.54. The standard InChI is InChI=1S/C17H27NO2S/c1-3-18-16(11-7-14-21(2,19)20)17(12-8-13-17)15-9-5-4-6-10-15/h4-6,9-10,16,18H,3,7-8,11-14H2,1-2H3. The largest absolute Gasteiger partial charge is 0.313 e. The molecule has 0 amide bonds. The van der Waals surface area contributed by atoms with Crippen molar-refractivity contribution < 1.29 is 8.42 Å². The Balaban J connectivity index is 2.11. The summed E-state index contributed by atoms with van der Waals surface area (Å²) in [7, 11) is -2.86. The highest BCUT2D eigenvalue weighted by molar-refractivity contribution is 7.90. The van der Waals surface area contributed by atoms with Gasteiger partial charge in [-0.1, -0.05) is 43.7 Å². The molecule has 21 heavy (non-hydrogen) atoms. The zero-order chi connectivity index (χ0) is 15.3. The van der Waals surface area contributed by atoms with Crippen molar-refractivity contribution >= 4 is 9.84 Å². The summed E-state index contributed by atoms with van der Waals surface area (Å²) in [6.45, 7) is 3.05. The van der Waals surface area contributed by atoms with Crippen LogP contribution in [0.15, 0.2) is 30.3 Å². The van der Waals surface area contributed by atoms with Crippen LogP contribution in [-0.4, -0.2) is 33.0 Å². The van der Waals surface area contributed by atoms with Crippen molar-refractivity contribution in [3.05, 3.63) is 35.9 Å². The van der Waals surface area contributed by atoms with E-state index in [4.69, 9.17) is 0 Å². The van der Waals surface area contributed by atoms with E-state index >= 15 is 0 Å². The Morgan fingerprint density at radius 1 is 1.24 bits per heavy atom. The van der Waals surface area contributed by atoms with Gasteiger partial charge in [0.05, 0.1) is 0 Å². The summed E-state index contributed by atoms with van der Waals surface area (Å²) < 4.78 is 22.7. The Bertz CT molecular complexity index is 535. The number of benzene rings is 1. The Kier molecular flexibility index (Phi) is 5.44. The zero-order valence-electron chi connectivity index (χ0n) is 13.1. The summed E-state index contributed by atoms with van der Waals surface area (Å²) in [4.78, 5) is 0. The second-order valence-electron chi connectivity index (χ2n) is 6.26. The smallest absolute Gasteiger partial charge is 0.147 e. The van der Waals surface area contributed by atoms with Crippen molar-refractivity contribution in [1.82, 2.24) is 5.32 Å². The Hall–Kier alpha value is -0.870. The van der Waals surface area contributed by atoms with Crippen molar-refractivity contribution in [1.29, 1.82) is 0 Å². The quantitative estimate of drug-likeness (QED) is 0.803. The Labute approximate surface area is 129 Å². The van der Waals surface area contributed by atoms with Gasteiger partial charge in [-0.2, -0.15) is 0 Å². The van der Waals surface area contributed by atoms with Gasteiger partial charge in [-0.15, -0.1) is 0 Å². The zero-order valence-corrected chi connectivity index (χ0v) is 14.0. The lowest BCUT2D eigenvalue weighted by molar-refractivity contribution is 0.162. The van der Waals surface area contributed by atoms with Gasteiger partial charge in [0.1, 0.15) is 9.84 Å². The summed E-state index contributed by atoms with van der Waals surface area (Å²) in [5.41, 5.74) is 1.61. The number of rotatable bonds is 8. The molecule has 1 atom stereocenters. The van der Waals surface area contributed by atoms with E-state index in [1.54, 1.807) is 0 Å². The van der Waals surface area contributed by atoms with Gasteiger partial charge >= 0.3 is 0 Å². The Morgan fingerprint density at radius 2 is 1.90 bits per heavy atom. The first-order valence-corrected chi connectivity index (χ1v) is 10.0. The summed E-state index contributed by atoms with van der Waals surface area (Å²) in [5, 5.41) is 3.62. The third-order valence-electron chi connectivity index (χ3n) is 4.72. The Morgan fingerprint density at radius 3 is 2.38 bits per heavy atom. The van der Waals surface area contributed by atoms with E-state index < -0.39 is 9.84 Å². The molecular weight excluding hydrogens is 282 g/mol. The van der Waals surface area contributed by atoms with Crippen LogP contribution in [0.5, 0.6) is 0 Å². The minimum absolute atomic E-state index is 0.203. The normalized spacial score (nSPS) is 19.0. The topological polar surface area (TPSA) is 46.2 Å². The van der Waals surface area contributed by atoms with Gasteiger partial charge in [0.2, 0.25) is 0 Å². The lowest BCUT2D eigenvalue weighted by atomic mass is 9.59. The predicted octanol–water partition coefficient (Wildman–Crippen LogP) is 2.91. The van der Waals surface area contributed by atoms with Crippen LogP contribution in [0.4, 0.5) is 0 Å². The summed E-state index contributed by atoms with van der Waals surface area (Å²) in [5.74, 6) is 0.291. The van der Waals surface area contributed by atoms with E-state index in [2.05, 4.69) is 42.6 Å². The van der Waals surface area contributed by atoms with E-state index in [1.807, 2.05) is 0 Å². The molecule has 1 aliphatic carbocycles. The van der Waals surface area contributed by atoms with E-state index in [0.29, 0.717) is 11.8 Å². The monoisotopic (exact) mass is 309 g/mol. The van der Waals surface area contributed by atoms with Crippen molar-refractivity contribution in [2.75, 3.05) is 18.6 Å². The van der Waals surface area contributed by atoms with Gasteiger partial charge in [0.15, 0.2) is 0 Å². The van der Waals surface area contributed by atoms with Crippen LogP contribution in [0.1, 0.15) is 44.6 Å². The van der Waals surface area contributed by atoms with Crippen molar-refractivity contribution in [2.45, 2.75) is 50.5 Å². The molecule has 1 fully saturated rings. The van der Waals surface area contributed by atoms with Crippen LogP contribution >= 0.6 is 0 Å². The second kappa shape index (κ2) is 6.93. The highest BCUT2D eigenvalue weighted by Gasteiger charge is 2.44. The van der Waals surface area contributed by atoms with Crippen LogP contribution in [0.25, 0.3) is 0 Å². The molecule has 0 saturated heterocycles. The third kappa shape index (κ3) is 4.07. The molecule has 1 aliphatic rings. The molecule has 0 radical (unpaired) electrons. The van der Waals surface area contributed by atoms with Gasteiger partial charge in [0, 0.05) is 23.5 Å². The van der Waals surface area contributed by atoms with Crippen LogP contribution in [0.2, 0.25) is 0 Å². The summed E-state index contributed by atoms with van der Waals surface area (Å²) in [6, 6.07) is 11.1. The van der Waals surface area contributed by atoms with E-state index in [9.17, 15) is 8.42 Å². The minimum Gasteiger partial charge on any atom is -0.313 e. The number of likely N-dealkylation sites (N-methyl/N-ethyl adjacent to an activating group) is 1. The van der Waals surface area contributed by atoms with E-state index in [1.165, 1.54) is 31.1 Å². The fourth-order valence-corrected chi connectivity index (χ4v) is 4.23. The maximum atomic E-state index is 11.4. The second-order valence-corrected chi connectivity index (χ2v) is 8.52. The molecule has 2 rings (SSSR count). The van der Waals surface area contributed by atoms with Crippen LogP contribution < -0.4 is 5.32 Å². The first-order chi connectivity index (χ1) is 9.98. The van der Waals surface area contributed by atoms with Gasteiger partial charge in [-0.3, -0.25) is 0 Å². The van der Waals surface area contributed by atoms with Gasteiger partial charge in [-0.05, 0) is 37.8 Å². The maximum Gasteiger partial charge on any atom is 0.147 e. The van der Waals surface area contributed by atoms with Crippen LogP contribution in [0, 0.1) is 0 Å². The molecule has 0 bridgehead atoms. The molecule has 1 N–H and O–H groups in total. The molecule has 3 nitrogen and oxygen atoms in total. The molecular formula is C17H27NO2S. The number of hydrogen-bond donors (Lipinski definition) is 1. The lowest BCUT2D eigenvalue weighted by Crippen LogP contribution is -2.52. The number of hydrogen-bond acceptors (Lipinski definition) is 3. The van der Waals surface area contributed by atoms with Crippen LogP contribution in [0.3, 0.4) is 0 Å². The molecule has 1 unspecified atom stereocenters. The predicted molar refractivity (Wildman–Crippen MR) is 88.4 cm³/mol. The molecule has 0 heterocycles. The minimum atomic E-state index is -2.86. The van der Waals surface area contributed by atoms with Crippen molar-refractivity contribution in [3.8, 4) is 0 Å². The average Bonchev–Trinajstić information content (AvgIpc) is 2.37. The molecule has 1 saturated carbocycles. The number of nitrogens with one attached hydrogen (secondary N) is 1. The van der Waals surface area contributed by atoms with Crippen molar-refractivity contribution in [3.63, 3.8) is 0 Å². The fraction of sp³-hybridized carbons (Fsp3) is 0.647. The van der Waals surface area contributed by atoms with Gasteiger partial charge in [-0.25, -0.2) is 8.42 Å². The molecule has 4 heteroatoms. The van der Waals surface area contributed by atoms with Gasteiger partial charge in [0.25, 0.3) is 0 Å². The SMILES string of the molecule is CCNC(CCCS(C)(=O)=O)C1(c2ccccc2)CCC1. The number of sulfone groups is 1. The highest BCUT2D eigenvalue weighted by Crippen LogP contribution is 2.47. The van der Waals surface area contributed by atoms with E-state index in [-0.39, 0.29) is 5.41 Å². The first kappa shape index (κ1) is 16.5. The summed E-state index contributed by atoms with van der Waals surface area (Å²) in [6.07, 6.45) is 6.66. The maximum absolute atomic E-state index is 11.4. The van der Waals surface area contributed by atoms with Gasteiger partial charge < -0.3 is 5.32 Å². The van der Waals surface area contributed by atoms with Crippen molar-refractivity contribution in [2.24, 2.45) is 0 Å². The molecule has 118 valence electrons. The molecule has 1 aromatic carbocycles. The molecule has 0 aliphatic heterocycles. The summed E-state index contributed by atoms with van der Waals surface area (Å²) >= 11 is 0. The average molecular weight is 309 g/mol. The molecule has 1 aromatic rings.